The third kappa shape index (κ3) is 5.75. The highest BCUT2D eigenvalue weighted by Gasteiger charge is 2.38. The molecule has 5 nitrogen and oxygen atoms in total. The molecule has 0 bridgehead atoms. The SMILES string of the molecule is CCCN(CC(F)(F)F)C(=O)C1CCN(S(=O)(=O)c2cc(Cl)ccc2Cl)CC1. The lowest BCUT2D eigenvalue weighted by Crippen LogP contribution is -2.47. The van der Waals surface area contributed by atoms with Crippen LogP contribution in [0, 0.1) is 5.92 Å². The van der Waals surface area contributed by atoms with Crippen molar-refractivity contribution in [3.05, 3.63) is 28.2 Å². The number of carbonyl (C=O) groups is 1. The van der Waals surface area contributed by atoms with E-state index in [0.29, 0.717) is 6.42 Å². The number of hydrogen-bond donors (Lipinski definition) is 0. The molecule has 0 spiro atoms. The molecule has 0 atom stereocenters. The highest BCUT2D eigenvalue weighted by molar-refractivity contribution is 7.89. The molecule has 0 aromatic heterocycles. The van der Waals surface area contributed by atoms with E-state index in [1.54, 1.807) is 6.92 Å². The summed E-state index contributed by atoms with van der Waals surface area (Å²) in [5.41, 5.74) is 0. The van der Waals surface area contributed by atoms with Gasteiger partial charge in [-0.25, -0.2) is 8.42 Å². The number of carbonyl (C=O) groups excluding carboxylic acids is 1. The van der Waals surface area contributed by atoms with Gasteiger partial charge in [0.25, 0.3) is 0 Å². The molecule has 0 unspecified atom stereocenters. The zero-order valence-corrected chi connectivity index (χ0v) is 17.5. The van der Waals surface area contributed by atoms with Crippen molar-refractivity contribution < 1.29 is 26.4 Å². The minimum Gasteiger partial charge on any atom is -0.333 e. The second-order valence-electron chi connectivity index (χ2n) is 6.63. The summed E-state index contributed by atoms with van der Waals surface area (Å²) in [6.45, 7) is 0.451. The number of halogens is 5. The molecular weight excluding hydrogens is 440 g/mol. The molecule has 158 valence electrons. The van der Waals surface area contributed by atoms with E-state index in [1.165, 1.54) is 22.5 Å². The van der Waals surface area contributed by atoms with E-state index in [9.17, 15) is 26.4 Å². The van der Waals surface area contributed by atoms with Gasteiger partial charge in [0, 0.05) is 30.6 Å². The maximum Gasteiger partial charge on any atom is 0.406 e. The fraction of sp³-hybridized carbons (Fsp3) is 0.588. The number of nitrogens with zero attached hydrogens (tertiary/aromatic N) is 2. The van der Waals surface area contributed by atoms with Gasteiger partial charge >= 0.3 is 6.18 Å². The molecule has 28 heavy (non-hydrogen) atoms. The predicted molar refractivity (Wildman–Crippen MR) is 101 cm³/mol. The summed E-state index contributed by atoms with van der Waals surface area (Å²) >= 11 is 11.8. The molecule has 1 aromatic rings. The van der Waals surface area contributed by atoms with Crippen molar-refractivity contribution in [2.45, 2.75) is 37.3 Å². The van der Waals surface area contributed by atoms with Crippen LogP contribution >= 0.6 is 23.2 Å². The summed E-state index contributed by atoms with van der Waals surface area (Å²) in [5, 5.41) is 0.247. The Balaban J connectivity index is 2.08. The van der Waals surface area contributed by atoms with Crippen LogP contribution in [0.5, 0.6) is 0 Å². The Hall–Kier alpha value is -1.03. The first-order valence-electron chi connectivity index (χ1n) is 8.76. The Kier molecular flexibility index (Phi) is 7.63. The van der Waals surface area contributed by atoms with Crippen molar-refractivity contribution in [1.82, 2.24) is 9.21 Å². The molecule has 1 saturated heterocycles. The number of piperidine rings is 1. The van der Waals surface area contributed by atoms with Crippen molar-refractivity contribution in [3.8, 4) is 0 Å². The Morgan fingerprint density at radius 2 is 1.86 bits per heavy atom. The van der Waals surface area contributed by atoms with Crippen LogP contribution < -0.4 is 0 Å². The first-order chi connectivity index (χ1) is 13.0. The van der Waals surface area contributed by atoms with Crippen molar-refractivity contribution in [2.75, 3.05) is 26.2 Å². The minimum atomic E-state index is -4.47. The van der Waals surface area contributed by atoms with Gasteiger partial charge in [-0.05, 0) is 37.5 Å². The molecule has 0 radical (unpaired) electrons. The number of sulfonamides is 1. The van der Waals surface area contributed by atoms with Crippen LogP contribution in [0.3, 0.4) is 0 Å². The fourth-order valence-corrected chi connectivity index (χ4v) is 5.38. The van der Waals surface area contributed by atoms with Gasteiger partial charge in [-0.3, -0.25) is 4.79 Å². The second kappa shape index (κ2) is 9.19. The van der Waals surface area contributed by atoms with Crippen LogP contribution in [0.15, 0.2) is 23.1 Å². The third-order valence-electron chi connectivity index (χ3n) is 4.49. The lowest BCUT2D eigenvalue weighted by Gasteiger charge is -2.34. The Morgan fingerprint density at radius 1 is 1.25 bits per heavy atom. The molecule has 1 aliphatic rings. The van der Waals surface area contributed by atoms with Gasteiger partial charge < -0.3 is 4.90 Å². The van der Waals surface area contributed by atoms with Crippen molar-refractivity contribution in [3.63, 3.8) is 0 Å². The number of alkyl halides is 3. The minimum absolute atomic E-state index is 0.00891. The number of benzene rings is 1. The molecule has 1 aliphatic heterocycles. The molecule has 1 aromatic carbocycles. The van der Waals surface area contributed by atoms with Gasteiger partial charge in [-0.1, -0.05) is 30.1 Å². The molecule has 1 amide bonds. The fourth-order valence-electron chi connectivity index (χ4n) is 3.17. The second-order valence-corrected chi connectivity index (χ2v) is 9.38. The van der Waals surface area contributed by atoms with E-state index >= 15 is 0 Å². The molecule has 1 fully saturated rings. The van der Waals surface area contributed by atoms with E-state index < -0.39 is 34.6 Å². The summed E-state index contributed by atoms with van der Waals surface area (Å²) in [6, 6.07) is 4.10. The normalized spacial score (nSPS) is 16.9. The van der Waals surface area contributed by atoms with Gasteiger partial charge in [0.1, 0.15) is 11.4 Å². The molecule has 0 saturated carbocycles. The number of hydrogen-bond acceptors (Lipinski definition) is 3. The van der Waals surface area contributed by atoms with E-state index in [1.807, 2.05) is 0 Å². The average molecular weight is 461 g/mol. The molecule has 0 aliphatic carbocycles. The summed E-state index contributed by atoms with van der Waals surface area (Å²) in [6.07, 6.45) is -3.77. The maximum atomic E-state index is 12.8. The monoisotopic (exact) mass is 460 g/mol. The lowest BCUT2D eigenvalue weighted by atomic mass is 9.96. The van der Waals surface area contributed by atoms with E-state index in [0.717, 1.165) is 4.90 Å². The largest absolute Gasteiger partial charge is 0.406 e. The van der Waals surface area contributed by atoms with Crippen molar-refractivity contribution in [2.24, 2.45) is 5.92 Å². The van der Waals surface area contributed by atoms with Crippen LogP contribution in [0.25, 0.3) is 0 Å². The molecule has 1 heterocycles. The van der Waals surface area contributed by atoms with Gasteiger partial charge in [0.05, 0.1) is 5.02 Å². The van der Waals surface area contributed by atoms with E-state index in [4.69, 9.17) is 23.2 Å². The number of amides is 1. The molecule has 2 rings (SSSR count). The molecule has 0 N–H and O–H groups in total. The summed E-state index contributed by atoms with van der Waals surface area (Å²) in [7, 11) is -3.91. The smallest absolute Gasteiger partial charge is 0.333 e. The van der Waals surface area contributed by atoms with Gasteiger partial charge in [0.15, 0.2) is 0 Å². The highest BCUT2D eigenvalue weighted by atomic mass is 35.5. The van der Waals surface area contributed by atoms with Crippen molar-refractivity contribution >= 4 is 39.1 Å². The van der Waals surface area contributed by atoms with Crippen LogP contribution in [0.2, 0.25) is 10.0 Å². The summed E-state index contributed by atoms with van der Waals surface area (Å²) < 4.78 is 65.0. The quantitative estimate of drug-likeness (QED) is 0.639. The van der Waals surface area contributed by atoms with E-state index in [2.05, 4.69) is 0 Å². The summed E-state index contributed by atoms with van der Waals surface area (Å²) in [5.74, 6) is -1.23. The van der Waals surface area contributed by atoms with Gasteiger partial charge in [-0.15, -0.1) is 0 Å². The van der Waals surface area contributed by atoms with Crippen molar-refractivity contribution in [1.29, 1.82) is 0 Å². The van der Waals surface area contributed by atoms with Gasteiger partial charge in [-0.2, -0.15) is 17.5 Å². The third-order valence-corrected chi connectivity index (χ3v) is 7.10. The predicted octanol–water partition coefficient (Wildman–Crippen LogP) is 4.20. The Bertz CT molecular complexity index is 810. The Morgan fingerprint density at radius 3 is 2.39 bits per heavy atom. The lowest BCUT2D eigenvalue weighted by molar-refractivity contribution is -0.164. The van der Waals surface area contributed by atoms with Crippen LogP contribution in [-0.4, -0.2) is 55.9 Å². The van der Waals surface area contributed by atoms with E-state index in [-0.39, 0.29) is 47.4 Å². The molecule has 11 heteroatoms. The Labute approximate surface area is 172 Å². The van der Waals surface area contributed by atoms with Crippen LogP contribution in [-0.2, 0) is 14.8 Å². The van der Waals surface area contributed by atoms with Crippen LogP contribution in [0.1, 0.15) is 26.2 Å². The average Bonchev–Trinajstić information content (AvgIpc) is 2.61. The maximum absolute atomic E-state index is 12.8. The van der Waals surface area contributed by atoms with Gasteiger partial charge in [0.2, 0.25) is 15.9 Å². The zero-order valence-electron chi connectivity index (χ0n) is 15.2. The highest BCUT2D eigenvalue weighted by Crippen LogP contribution is 2.31. The zero-order chi connectivity index (χ0) is 21.1. The number of rotatable bonds is 6. The standard InChI is InChI=1S/C17H21Cl2F3N2O3S/c1-2-7-23(11-17(20,21)22)16(25)12-5-8-24(9-6-12)28(26,27)15-10-13(18)3-4-14(15)19/h3-4,10,12H,2,5-9,11H2,1H3. The topological polar surface area (TPSA) is 57.7 Å². The molecular formula is C17H21Cl2F3N2O3S. The first-order valence-corrected chi connectivity index (χ1v) is 11.0. The van der Waals surface area contributed by atoms with Crippen LogP contribution in [0.4, 0.5) is 13.2 Å². The first kappa shape index (κ1) is 23.3. The summed E-state index contributed by atoms with van der Waals surface area (Å²) in [4.78, 5) is 13.2.